The van der Waals surface area contributed by atoms with Crippen molar-refractivity contribution in [2.45, 2.75) is 6.42 Å². The van der Waals surface area contributed by atoms with E-state index in [4.69, 9.17) is 9.62 Å². The Kier molecular flexibility index (Phi) is 3.23. The van der Waals surface area contributed by atoms with Gasteiger partial charge >= 0.3 is 0 Å². The van der Waals surface area contributed by atoms with Gasteiger partial charge in [-0.3, -0.25) is 10.0 Å². The Hall–Kier alpha value is -2.59. The minimum absolute atomic E-state index is 0.0790. The maximum atomic E-state index is 11.3. The van der Waals surface area contributed by atoms with E-state index in [0.29, 0.717) is 5.58 Å². The van der Waals surface area contributed by atoms with Crippen LogP contribution in [0.1, 0.15) is 5.56 Å². The third-order valence-corrected chi connectivity index (χ3v) is 3.24. The number of hydroxylamine groups is 1. The van der Waals surface area contributed by atoms with Crippen LogP contribution in [0.2, 0.25) is 0 Å². The summed E-state index contributed by atoms with van der Waals surface area (Å²) in [6.07, 6.45) is 1.77. The standard InChI is InChI=1S/C16H13NO3/c18-15(17-19)9-12-7-4-8-13-14(10-20-16(12)13)11-5-2-1-3-6-11/h1-8,10,19H,9H2,(H,17,18). The zero-order chi connectivity index (χ0) is 13.9. The molecule has 0 fully saturated rings. The summed E-state index contributed by atoms with van der Waals surface area (Å²) in [4.78, 5) is 11.3. The number of benzene rings is 2. The Labute approximate surface area is 115 Å². The van der Waals surface area contributed by atoms with Crippen molar-refractivity contribution >= 4 is 16.9 Å². The van der Waals surface area contributed by atoms with Crippen LogP contribution in [0.15, 0.2) is 59.2 Å². The first-order valence-electron chi connectivity index (χ1n) is 6.27. The molecule has 4 heteroatoms. The van der Waals surface area contributed by atoms with Crippen molar-refractivity contribution in [2.24, 2.45) is 0 Å². The lowest BCUT2D eigenvalue weighted by Gasteiger charge is -2.02. The van der Waals surface area contributed by atoms with Gasteiger partial charge < -0.3 is 4.42 Å². The third kappa shape index (κ3) is 2.17. The molecule has 0 atom stereocenters. The van der Waals surface area contributed by atoms with Gasteiger partial charge in [0, 0.05) is 16.5 Å². The topological polar surface area (TPSA) is 62.5 Å². The molecule has 3 aromatic rings. The van der Waals surface area contributed by atoms with E-state index in [2.05, 4.69) is 0 Å². The lowest BCUT2D eigenvalue weighted by Crippen LogP contribution is -2.20. The van der Waals surface area contributed by atoms with Crippen LogP contribution in [-0.2, 0) is 11.2 Å². The normalized spacial score (nSPS) is 10.7. The van der Waals surface area contributed by atoms with Gasteiger partial charge in [0.15, 0.2) is 0 Å². The first-order chi connectivity index (χ1) is 9.79. The molecule has 0 unspecified atom stereocenters. The second-order valence-electron chi connectivity index (χ2n) is 4.52. The van der Waals surface area contributed by atoms with Crippen molar-refractivity contribution in [1.82, 2.24) is 5.48 Å². The molecular weight excluding hydrogens is 254 g/mol. The first-order valence-corrected chi connectivity index (χ1v) is 6.27. The number of rotatable bonds is 3. The van der Waals surface area contributed by atoms with Gasteiger partial charge in [-0.1, -0.05) is 48.5 Å². The van der Waals surface area contributed by atoms with E-state index in [1.807, 2.05) is 48.5 Å². The van der Waals surface area contributed by atoms with Gasteiger partial charge in [-0.25, -0.2) is 5.48 Å². The summed E-state index contributed by atoms with van der Waals surface area (Å²) in [5, 5.41) is 9.58. The van der Waals surface area contributed by atoms with Crippen molar-refractivity contribution in [3.63, 3.8) is 0 Å². The van der Waals surface area contributed by atoms with Gasteiger partial charge in [-0.05, 0) is 5.56 Å². The second-order valence-corrected chi connectivity index (χ2v) is 4.52. The highest BCUT2D eigenvalue weighted by molar-refractivity contribution is 5.96. The van der Waals surface area contributed by atoms with E-state index in [9.17, 15) is 4.79 Å². The van der Waals surface area contributed by atoms with Crippen LogP contribution in [0.4, 0.5) is 0 Å². The van der Waals surface area contributed by atoms with Gasteiger partial charge in [0.1, 0.15) is 5.58 Å². The molecule has 4 nitrogen and oxygen atoms in total. The number of fused-ring (bicyclic) bond motifs is 1. The molecule has 100 valence electrons. The van der Waals surface area contributed by atoms with Gasteiger partial charge in [0.25, 0.3) is 0 Å². The molecule has 0 bridgehead atoms. The molecule has 20 heavy (non-hydrogen) atoms. The minimum atomic E-state index is -0.463. The molecule has 2 aromatic carbocycles. The average molecular weight is 267 g/mol. The first kappa shape index (κ1) is 12.4. The van der Waals surface area contributed by atoms with Crippen LogP contribution in [0.25, 0.3) is 22.1 Å². The molecule has 2 N–H and O–H groups in total. The Bertz CT molecular complexity index is 747. The Morgan fingerprint density at radius 2 is 1.90 bits per heavy atom. The number of carbonyl (C=O) groups excluding carboxylic acids is 1. The smallest absolute Gasteiger partial charge is 0.247 e. The Balaban J connectivity index is 2.10. The number of carbonyl (C=O) groups is 1. The summed E-state index contributed by atoms with van der Waals surface area (Å²) >= 11 is 0. The monoisotopic (exact) mass is 267 g/mol. The third-order valence-electron chi connectivity index (χ3n) is 3.24. The zero-order valence-corrected chi connectivity index (χ0v) is 10.7. The fraction of sp³-hybridized carbons (Fsp3) is 0.0625. The fourth-order valence-corrected chi connectivity index (χ4v) is 2.31. The molecule has 0 saturated heterocycles. The lowest BCUT2D eigenvalue weighted by molar-refractivity contribution is -0.128. The molecular formula is C16H13NO3. The molecule has 0 spiro atoms. The largest absolute Gasteiger partial charge is 0.463 e. The molecule has 0 aliphatic carbocycles. The summed E-state index contributed by atoms with van der Waals surface area (Å²) in [5.41, 5.74) is 5.12. The molecule has 1 aromatic heterocycles. The van der Waals surface area contributed by atoms with Gasteiger partial charge in [0.05, 0.1) is 12.7 Å². The number of para-hydroxylation sites is 1. The summed E-state index contributed by atoms with van der Waals surface area (Å²) in [6.45, 7) is 0. The quantitative estimate of drug-likeness (QED) is 0.566. The van der Waals surface area contributed by atoms with E-state index in [-0.39, 0.29) is 6.42 Å². The van der Waals surface area contributed by atoms with Gasteiger partial charge in [-0.2, -0.15) is 0 Å². The van der Waals surface area contributed by atoms with Crippen LogP contribution in [-0.4, -0.2) is 11.1 Å². The van der Waals surface area contributed by atoms with E-state index in [1.165, 1.54) is 0 Å². The summed E-state index contributed by atoms with van der Waals surface area (Å²) < 4.78 is 5.62. The summed E-state index contributed by atoms with van der Waals surface area (Å²) in [7, 11) is 0. The molecule has 1 amide bonds. The highest BCUT2D eigenvalue weighted by atomic mass is 16.5. The van der Waals surface area contributed by atoms with Crippen molar-refractivity contribution in [3.05, 3.63) is 60.4 Å². The molecule has 0 aliphatic rings. The predicted molar refractivity (Wildman–Crippen MR) is 75.3 cm³/mol. The summed E-state index contributed by atoms with van der Waals surface area (Å²) in [5.74, 6) is -0.463. The molecule has 0 radical (unpaired) electrons. The van der Waals surface area contributed by atoms with Crippen LogP contribution in [0.5, 0.6) is 0 Å². The fourth-order valence-electron chi connectivity index (χ4n) is 2.31. The van der Waals surface area contributed by atoms with Crippen LogP contribution >= 0.6 is 0 Å². The highest BCUT2D eigenvalue weighted by Gasteiger charge is 2.13. The minimum Gasteiger partial charge on any atom is -0.463 e. The van der Waals surface area contributed by atoms with Gasteiger partial charge in [-0.15, -0.1) is 0 Å². The van der Waals surface area contributed by atoms with Gasteiger partial charge in [0.2, 0.25) is 5.91 Å². The molecule has 1 heterocycles. The van der Waals surface area contributed by atoms with E-state index >= 15 is 0 Å². The Morgan fingerprint density at radius 3 is 2.65 bits per heavy atom. The van der Waals surface area contributed by atoms with E-state index in [0.717, 1.165) is 22.1 Å². The second kappa shape index (κ2) is 5.19. The van der Waals surface area contributed by atoms with Crippen LogP contribution < -0.4 is 5.48 Å². The maximum Gasteiger partial charge on any atom is 0.247 e. The SMILES string of the molecule is O=C(Cc1cccc2c(-c3ccccc3)coc12)NO. The zero-order valence-electron chi connectivity index (χ0n) is 10.7. The molecule has 3 rings (SSSR count). The van der Waals surface area contributed by atoms with Crippen LogP contribution in [0, 0.1) is 0 Å². The predicted octanol–water partition coefficient (Wildman–Crippen LogP) is 3.15. The number of nitrogens with one attached hydrogen (secondary N) is 1. The van der Waals surface area contributed by atoms with Crippen molar-refractivity contribution in [2.75, 3.05) is 0 Å². The lowest BCUT2D eigenvalue weighted by atomic mass is 10.0. The molecule has 0 aliphatic heterocycles. The number of hydrogen-bond acceptors (Lipinski definition) is 3. The number of hydrogen-bond donors (Lipinski definition) is 2. The van der Waals surface area contributed by atoms with E-state index < -0.39 is 5.91 Å². The summed E-state index contributed by atoms with van der Waals surface area (Å²) in [6, 6.07) is 15.6. The van der Waals surface area contributed by atoms with Crippen LogP contribution in [0.3, 0.4) is 0 Å². The number of furan rings is 1. The molecule has 0 saturated carbocycles. The number of amides is 1. The Morgan fingerprint density at radius 1 is 1.10 bits per heavy atom. The van der Waals surface area contributed by atoms with Crippen molar-refractivity contribution in [3.8, 4) is 11.1 Å². The average Bonchev–Trinajstić information content (AvgIpc) is 2.93. The van der Waals surface area contributed by atoms with E-state index in [1.54, 1.807) is 11.7 Å². The highest BCUT2D eigenvalue weighted by Crippen LogP contribution is 2.32. The van der Waals surface area contributed by atoms with Crippen molar-refractivity contribution < 1.29 is 14.4 Å². The van der Waals surface area contributed by atoms with Crippen molar-refractivity contribution in [1.29, 1.82) is 0 Å². The maximum absolute atomic E-state index is 11.3.